The second-order valence-corrected chi connectivity index (χ2v) is 13.8. The Hall–Kier alpha value is -2.95. The van der Waals surface area contributed by atoms with Crippen LogP contribution in [0.15, 0.2) is 42.5 Å². The van der Waals surface area contributed by atoms with Crippen LogP contribution in [0.25, 0.3) is 0 Å². The van der Waals surface area contributed by atoms with Gasteiger partial charge in [0.2, 0.25) is 5.91 Å². The third-order valence-corrected chi connectivity index (χ3v) is 7.56. The minimum Gasteiger partial charge on any atom is -0.458 e. The summed E-state index contributed by atoms with van der Waals surface area (Å²) in [5, 5.41) is 6.03. The molecule has 0 bridgehead atoms. The summed E-state index contributed by atoms with van der Waals surface area (Å²) in [6.07, 6.45) is -0.454. The third kappa shape index (κ3) is 9.81. The molecule has 0 saturated carbocycles. The van der Waals surface area contributed by atoms with Crippen LogP contribution < -0.4 is 10.6 Å². The minimum absolute atomic E-state index is 0.123. The lowest BCUT2D eigenvalue weighted by Crippen LogP contribution is -2.58. The Kier molecular flexibility index (Phi) is 11.2. The van der Waals surface area contributed by atoms with E-state index in [1.165, 1.54) is 4.90 Å². The standard InChI is InChI=1S/C30H37Cl2N3O6S/c1-29(2,3)40-27(38)22(34-25(36)23-17-42-15-14-35(23)28(39)41-30(4,5)6)16-18-10-12-19(13-11-18)33-26(37)24-20(31)8-7-9-21(24)32/h7-13,22-23H,14-17H2,1-6H3,(H,33,37)(H,34,36). The molecule has 42 heavy (non-hydrogen) atoms. The highest BCUT2D eigenvalue weighted by molar-refractivity contribution is 7.99. The van der Waals surface area contributed by atoms with Gasteiger partial charge in [0.15, 0.2) is 0 Å². The fourth-order valence-corrected chi connectivity index (χ4v) is 5.68. The average Bonchev–Trinajstić information content (AvgIpc) is 2.87. The van der Waals surface area contributed by atoms with Gasteiger partial charge in [0.1, 0.15) is 23.3 Å². The number of esters is 1. The Morgan fingerprint density at radius 2 is 1.55 bits per heavy atom. The molecule has 2 N–H and O–H groups in total. The zero-order valence-electron chi connectivity index (χ0n) is 24.6. The minimum atomic E-state index is -1.02. The maximum atomic E-state index is 13.5. The van der Waals surface area contributed by atoms with E-state index >= 15 is 0 Å². The maximum Gasteiger partial charge on any atom is 0.411 e. The van der Waals surface area contributed by atoms with Crippen LogP contribution in [0.2, 0.25) is 10.0 Å². The first-order valence-corrected chi connectivity index (χ1v) is 15.4. The summed E-state index contributed by atoms with van der Waals surface area (Å²) in [5.41, 5.74) is -0.129. The summed E-state index contributed by atoms with van der Waals surface area (Å²) >= 11 is 13.8. The van der Waals surface area contributed by atoms with Gasteiger partial charge in [-0.2, -0.15) is 11.8 Å². The highest BCUT2D eigenvalue weighted by atomic mass is 35.5. The molecule has 0 spiro atoms. The summed E-state index contributed by atoms with van der Waals surface area (Å²) in [5.74, 6) is -0.490. The molecule has 3 amide bonds. The third-order valence-electron chi connectivity index (χ3n) is 5.91. The van der Waals surface area contributed by atoms with E-state index in [0.717, 1.165) is 0 Å². The van der Waals surface area contributed by atoms with Crippen molar-refractivity contribution < 1.29 is 28.7 Å². The van der Waals surface area contributed by atoms with Gasteiger partial charge in [0.25, 0.3) is 5.91 Å². The summed E-state index contributed by atoms with van der Waals surface area (Å²) < 4.78 is 11.1. The number of anilines is 1. The van der Waals surface area contributed by atoms with Crippen molar-refractivity contribution in [1.29, 1.82) is 0 Å². The molecular weight excluding hydrogens is 601 g/mol. The van der Waals surface area contributed by atoms with E-state index in [1.54, 1.807) is 95.8 Å². The number of thioether (sulfide) groups is 1. The second kappa shape index (κ2) is 14.0. The fraction of sp³-hybridized carbons (Fsp3) is 0.467. The Morgan fingerprint density at radius 1 is 0.952 bits per heavy atom. The highest BCUT2D eigenvalue weighted by Crippen LogP contribution is 2.26. The van der Waals surface area contributed by atoms with E-state index in [1.807, 2.05) is 0 Å². The van der Waals surface area contributed by atoms with Crippen LogP contribution in [-0.2, 0) is 25.5 Å². The molecule has 1 saturated heterocycles. The predicted molar refractivity (Wildman–Crippen MR) is 166 cm³/mol. The molecule has 2 aromatic rings. The van der Waals surface area contributed by atoms with Crippen molar-refractivity contribution in [2.45, 2.75) is 71.2 Å². The van der Waals surface area contributed by atoms with Gasteiger partial charge in [-0.15, -0.1) is 0 Å². The van der Waals surface area contributed by atoms with Crippen molar-refractivity contribution in [3.8, 4) is 0 Å². The van der Waals surface area contributed by atoms with Crippen molar-refractivity contribution in [2.75, 3.05) is 23.4 Å². The van der Waals surface area contributed by atoms with Gasteiger partial charge in [0, 0.05) is 30.2 Å². The molecule has 1 heterocycles. The first-order valence-electron chi connectivity index (χ1n) is 13.5. The molecule has 0 aliphatic carbocycles. The summed E-state index contributed by atoms with van der Waals surface area (Å²) in [6, 6.07) is 9.79. The fourth-order valence-electron chi connectivity index (χ4n) is 4.06. The summed E-state index contributed by atoms with van der Waals surface area (Å²) in [7, 11) is 0. The monoisotopic (exact) mass is 637 g/mol. The molecule has 1 fully saturated rings. The van der Waals surface area contributed by atoms with Crippen molar-refractivity contribution in [1.82, 2.24) is 10.2 Å². The number of carbonyl (C=O) groups is 4. The predicted octanol–water partition coefficient (Wildman–Crippen LogP) is 5.97. The van der Waals surface area contributed by atoms with Gasteiger partial charge >= 0.3 is 12.1 Å². The average molecular weight is 639 g/mol. The topological polar surface area (TPSA) is 114 Å². The van der Waals surface area contributed by atoms with Crippen LogP contribution in [-0.4, -0.2) is 70.1 Å². The molecule has 3 rings (SSSR count). The smallest absolute Gasteiger partial charge is 0.411 e. The number of carbonyl (C=O) groups excluding carboxylic acids is 4. The van der Waals surface area contributed by atoms with E-state index < -0.39 is 47.2 Å². The van der Waals surface area contributed by atoms with Crippen LogP contribution in [0.3, 0.4) is 0 Å². The molecule has 0 radical (unpaired) electrons. The molecule has 9 nitrogen and oxygen atoms in total. The lowest BCUT2D eigenvalue weighted by Gasteiger charge is -2.36. The van der Waals surface area contributed by atoms with Crippen molar-refractivity contribution in [3.05, 3.63) is 63.6 Å². The molecule has 0 aromatic heterocycles. The Labute approximate surface area is 261 Å². The van der Waals surface area contributed by atoms with Gasteiger partial charge in [0.05, 0.1) is 15.6 Å². The number of amides is 3. The molecule has 2 unspecified atom stereocenters. The molecule has 1 aliphatic rings. The largest absolute Gasteiger partial charge is 0.458 e. The van der Waals surface area contributed by atoms with Crippen molar-refractivity contribution in [2.24, 2.45) is 0 Å². The zero-order chi connectivity index (χ0) is 31.2. The second-order valence-electron chi connectivity index (χ2n) is 11.8. The van der Waals surface area contributed by atoms with Gasteiger partial charge in [-0.25, -0.2) is 9.59 Å². The van der Waals surface area contributed by atoms with Crippen molar-refractivity contribution >= 4 is 64.5 Å². The maximum absolute atomic E-state index is 13.5. The van der Waals surface area contributed by atoms with Crippen LogP contribution in [0.4, 0.5) is 10.5 Å². The summed E-state index contributed by atoms with van der Waals surface area (Å²) in [4.78, 5) is 53.6. The Bertz CT molecular complexity index is 1290. The number of hydrogen-bond donors (Lipinski definition) is 2. The normalized spacial score (nSPS) is 16.3. The number of halogens is 2. The van der Waals surface area contributed by atoms with E-state index in [4.69, 9.17) is 32.7 Å². The molecule has 1 aliphatic heterocycles. The molecule has 12 heteroatoms. The van der Waals surface area contributed by atoms with E-state index in [9.17, 15) is 19.2 Å². The molecular formula is C30H37Cl2N3O6S. The number of rotatable bonds is 7. The number of nitrogens with one attached hydrogen (secondary N) is 2. The van der Waals surface area contributed by atoms with Gasteiger partial charge in [-0.3, -0.25) is 14.5 Å². The Balaban J connectivity index is 1.76. The van der Waals surface area contributed by atoms with Gasteiger partial charge < -0.3 is 20.1 Å². The number of nitrogens with zero attached hydrogens (tertiary/aromatic N) is 1. The number of hydrogen-bond acceptors (Lipinski definition) is 7. The first kappa shape index (κ1) is 33.6. The lowest BCUT2D eigenvalue weighted by molar-refractivity contribution is -0.158. The van der Waals surface area contributed by atoms with E-state index in [2.05, 4.69) is 10.6 Å². The lowest BCUT2D eigenvalue weighted by atomic mass is 10.0. The zero-order valence-corrected chi connectivity index (χ0v) is 26.9. The molecule has 2 aromatic carbocycles. The van der Waals surface area contributed by atoms with E-state index in [0.29, 0.717) is 29.3 Å². The number of benzene rings is 2. The van der Waals surface area contributed by atoms with Crippen LogP contribution in [0.1, 0.15) is 57.5 Å². The molecule has 2 atom stereocenters. The van der Waals surface area contributed by atoms with Gasteiger partial charge in [-0.05, 0) is 71.4 Å². The first-order chi connectivity index (χ1) is 19.5. The van der Waals surface area contributed by atoms with Crippen molar-refractivity contribution in [3.63, 3.8) is 0 Å². The summed E-state index contributed by atoms with van der Waals surface area (Å²) in [6.45, 7) is 10.9. The SMILES string of the molecule is CC(C)(C)OC(=O)C(Cc1ccc(NC(=O)c2c(Cl)cccc2Cl)cc1)NC(=O)C1CSCCN1C(=O)OC(C)(C)C. The van der Waals surface area contributed by atoms with Crippen LogP contribution in [0, 0.1) is 0 Å². The molecule has 228 valence electrons. The van der Waals surface area contributed by atoms with E-state index in [-0.39, 0.29) is 22.0 Å². The van der Waals surface area contributed by atoms with Crippen LogP contribution >= 0.6 is 35.0 Å². The van der Waals surface area contributed by atoms with Crippen LogP contribution in [0.5, 0.6) is 0 Å². The Morgan fingerprint density at radius 3 is 2.12 bits per heavy atom. The highest BCUT2D eigenvalue weighted by Gasteiger charge is 2.37. The quantitative estimate of drug-likeness (QED) is 0.360. The number of ether oxygens (including phenoxy) is 2. The van der Waals surface area contributed by atoms with Gasteiger partial charge in [-0.1, -0.05) is 41.4 Å².